The quantitative estimate of drug-likeness (QED) is 0.630. The monoisotopic (exact) mass is 264 g/mol. The largest absolute Gasteiger partial charge is 0.478 e. The smallest absolute Gasteiger partial charge is 0.338 e. The first-order valence-electron chi connectivity index (χ1n) is 5.99. The van der Waals surface area contributed by atoms with Gasteiger partial charge in [0.05, 0.1) is 18.2 Å². The third-order valence-corrected chi connectivity index (χ3v) is 2.88. The minimum absolute atomic E-state index is 0.0216. The molecule has 19 heavy (non-hydrogen) atoms. The van der Waals surface area contributed by atoms with Crippen molar-refractivity contribution in [2.24, 2.45) is 0 Å². The van der Waals surface area contributed by atoms with Gasteiger partial charge in [0.1, 0.15) is 6.29 Å². The normalized spacial score (nSPS) is 10.0. The number of methoxy groups -OCH3 is 1. The van der Waals surface area contributed by atoms with Crippen molar-refractivity contribution in [1.29, 1.82) is 0 Å². The van der Waals surface area contributed by atoms with E-state index in [1.807, 2.05) is 6.92 Å². The highest BCUT2D eigenvalue weighted by Gasteiger charge is 2.23. The Morgan fingerprint density at radius 2 is 2.05 bits per heavy atom. The fourth-order valence-corrected chi connectivity index (χ4v) is 1.92. The Morgan fingerprint density at radius 3 is 2.53 bits per heavy atom. The lowest BCUT2D eigenvalue weighted by molar-refractivity contribution is 0.0582. The van der Waals surface area contributed by atoms with Gasteiger partial charge in [-0.3, -0.25) is 4.79 Å². The van der Waals surface area contributed by atoms with Crippen LogP contribution in [0, 0.1) is 0 Å². The Labute approximate surface area is 111 Å². The molecule has 102 valence electrons. The lowest BCUT2D eigenvalue weighted by atomic mass is 9.92. The highest BCUT2D eigenvalue weighted by Crippen LogP contribution is 2.22. The molecule has 0 spiro atoms. The molecule has 0 aromatic heterocycles. The van der Waals surface area contributed by atoms with Crippen LogP contribution in [0.5, 0.6) is 0 Å². The number of aldehydes is 1. The lowest BCUT2D eigenvalue weighted by Crippen LogP contribution is -2.15. The van der Waals surface area contributed by atoms with E-state index in [2.05, 4.69) is 4.74 Å². The van der Waals surface area contributed by atoms with Crippen LogP contribution >= 0.6 is 0 Å². The summed E-state index contributed by atoms with van der Waals surface area (Å²) in [5.41, 5.74) is 0.544. The molecule has 0 amide bonds. The fourth-order valence-electron chi connectivity index (χ4n) is 1.92. The van der Waals surface area contributed by atoms with Crippen molar-refractivity contribution in [2.75, 3.05) is 7.11 Å². The van der Waals surface area contributed by atoms with Crippen LogP contribution in [0.15, 0.2) is 12.1 Å². The molecule has 0 unspecified atom stereocenters. The Balaban J connectivity index is 3.48. The van der Waals surface area contributed by atoms with Gasteiger partial charge in [-0.15, -0.1) is 0 Å². The molecule has 0 bridgehead atoms. The Hall–Kier alpha value is -2.17. The molecular formula is C14H16O5. The standard InChI is InChI=1S/C14H16O5/c1-3-4-5-10-9(8-15)6-7-11(14(18)19-2)12(10)13(16)17/h6-8H,3-5H2,1-2H3,(H,16,17). The zero-order valence-electron chi connectivity index (χ0n) is 10.9. The number of benzene rings is 1. The highest BCUT2D eigenvalue weighted by atomic mass is 16.5. The zero-order valence-corrected chi connectivity index (χ0v) is 10.9. The minimum atomic E-state index is -1.23. The predicted molar refractivity (Wildman–Crippen MR) is 68.7 cm³/mol. The van der Waals surface area contributed by atoms with Crippen LogP contribution in [0.4, 0.5) is 0 Å². The van der Waals surface area contributed by atoms with Crippen LogP contribution in [0.3, 0.4) is 0 Å². The lowest BCUT2D eigenvalue weighted by Gasteiger charge is -2.12. The number of unbranched alkanes of at least 4 members (excludes halogenated alkanes) is 1. The molecule has 1 aromatic rings. The van der Waals surface area contributed by atoms with Gasteiger partial charge in [0, 0.05) is 5.56 Å². The molecule has 5 nitrogen and oxygen atoms in total. The average molecular weight is 264 g/mol. The van der Waals surface area contributed by atoms with Crippen molar-refractivity contribution in [3.8, 4) is 0 Å². The number of rotatable bonds is 6. The second kappa shape index (κ2) is 6.68. The van der Waals surface area contributed by atoms with Gasteiger partial charge in [0.25, 0.3) is 0 Å². The molecule has 0 atom stereocenters. The maximum atomic E-state index is 11.6. The number of carbonyl (C=O) groups excluding carboxylic acids is 2. The van der Waals surface area contributed by atoms with E-state index in [0.29, 0.717) is 23.8 Å². The molecule has 0 radical (unpaired) electrons. The maximum Gasteiger partial charge on any atom is 0.338 e. The molecule has 0 aliphatic heterocycles. The number of aromatic carboxylic acids is 1. The van der Waals surface area contributed by atoms with Crippen LogP contribution in [0.2, 0.25) is 0 Å². The van der Waals surface area contributed by atoms with Gasteiger partial charge < -0.3 is 9.84 Å². The third-order valence-electron chi connectivity index (χ3n) is 2.88. The summed E-state index contributed by atoms with van der Waals surface area (Å²) in [5, 5.41) is 9.29. The van der Waals surface area contributed by atoms with Crippen molar-refractivity contribution in [1.82, 2.24) is 0 Å². The van der Waals surface area contributed by atoms with Crippen LogP contribution < -0.4 is 0 Å². The second-order valence-corrected chi connectivity index (χ2v) is 4.07. The number of hydrogen-bond donors (Lipinski definition) is 1. The average Bonchev–Trinajstić information content (AvgIpc) is 2.42. The molecule has 1 N–H and O–H groups in total. The summed E-state index contributed by atoms with van der Waals surface area (Å²) < 4.78 is 4.57. The van der Waals surface area contributed by atoms with E-state index in [9.17, 15) is 19.5 Å². The topological polar surface area (TPSA) is 80.7 Å². The first-order chi connectivity index (χ1) is 9.06. The van der Waals surface area contributed by atoms with Gasteiger partial charge >= 0.3 is 11.9 Å². The van der Waals surface area contributed by atoms with Crippen LogP contribution in [-0.4, -0.2) is 30.4 Å². The highest BCUT2D eigenvalue weighted by molar-refractivity contribution is 6.05. The summed E-state index contributed by atoms with van der Waals surface area (Å²) in [6.45, 7) is 1.96. The first-order valence-corrected chi connectivity index (χ1v) is 5.99. The van der Waals surface area contributed by atoms with E-state index in [4.69, 9.17) is 0 Å². The molecule has 0 fully saturated rings. The van der Waals surface area contributed by atoms with E-state index >= 15 is 0 Å². The van der Waals surface area contributed by atoms with E-state index in [0.717, 1.165) is 12.8 Å². The third kappa shape index (κ3) is 3.19. The van der Waals surface area contributed by atoms with Crippen molar-refractivity contribution in [2.45, 2.75) is 26.2 Å². The first kappa shape index (κ1) is 14.9. The van der Waals surface area contributed by atoms with Crippen molar-refractivity contribution in [3.63, 3.8) is 0 Å². The van der Waals surface area contributed by atoms with Crippen molar-refractivity contribution in [3.05, 3.63) is 34.4 Å². The predicted octanol–water partition coefficient (Wildman–Crippen LogP) is 2.33. The number of esters is 1. The van der Waals surface area contributed by atoms with Crippen LogP contribution in [0.1, 0.15) is 56.4 Å². The fraction of sp³-hybridized carbons (Fsp3) is 0.357. The number of hydrogen-bond acceptors (Lipinski definition) is 4. The molecule has 0 saturated carbocycles. The minimum Gasteiger partial charge on any atom is -0.478 e. The van der Waals surface area contributed by atoms with Gasteiger partial charge in [0.2, 0.25) is 0 Å². The zero-order chi connectivity index (χ0) is 14.4. The Bertz CT molecular complexity index is 505. The molecule has 1 rings (SSSR count). The number of carboxylic acids is 1. The molecular weight excluding hydrogens is 248 g/mol. The summed E-state index contributed by atoms with van der Waals surface area (Å²) in [6, 6.07) is 2.77. The molecule has 5 heteroatoms. The van der Waals surface area contributed by atoms with Gasteiger partial charge in [0.15, 0.2) is 0 Å². The molecule has 0 aliphatic rings. The van der Waals surface area contributed by atoms with Gasteiger partial charge in [-0.2, -0.15) is 0 Å². The maximum absolute atomic E-state index is 11.6. The van der Waals surface area contributed by atoms with E-state index in [-0.39, 0.29) is 11.1 Å². The van der Waals surface area contributed by atoms with Crippen LogP contribution in [0.25, 0.3) is 0 Å². The molecule has 0 saturated heterocycles. The van der Waals surface area contributed by atoms with Gasteiger partial charge in [-0.05, 0) is 24.5 Å². The van der Waals surface area contributed by atoms with Gasteiger partial charge in [-0.25, -0.2) is 9.59 Å². The van der Waals surface area contributed by atoms with Crippen LogP contribution in [-0.2, 0) is 11.2 Å². The number of ether oxygens (including phenoxy) is 1. The van der Waals surface area contributed by atoms with Gasteiger partial charge in [-0.1, -0.05) is 19.4 Å². The second-order valence-electron chi connectivity index (χ2n) is 4.07. The SMILES string of the molecule is CCCCc1c(C=O)ccc(C(=O)OC)c1C(=O)O. The summed E-state index contributed by atoms with van der Waals surface area (Å²) in [6.07, 6.45) is 2.65. The van der Waals surface area contributed by atoms with E-state index in [1.165, 1.54) is 19.2 Å². The summed E-state index contributed by atoms with van der Waals surface area (Å²) in [5.74, 6) is -1.94. The molecule has 1 aromatic carbocycles. The van der Waals surface area contributed by atoms with Crippen molar-refractivity contribution < 1.29 is 24.2 Å². The number of carbonyl (C=O) groups is 3. The molecule has 0 aliphatic carbocycles. The summed E-state index contributed by atoms with van der Waals surface area (Å²) in [7, 11) is 1.19. The Kier molecular flexibility index (Phi) is 5.23. The molecule has 0 heterocycles. The van der Waals surface area contributed by atoms with Crippen molar-refractivity contribution >= 4 is 18.2 Å². The van der Waals surface area contributed by atoms with E-state index in [1.54, 1.807) is 0 Å². The summed E-state index contributed by atoms with van der Waals surface area (Å²) >= 11 is 0. The number of carboxylic acid groups (broad SMARTS) is 1. The van der Waals surface area contributed by atoms with E-state index < -0.39 is 11.9 Å². The Morgan fingerprint density at radius 1 is 1.37 bits per heavy atom. The summed E-state index contributed by atoms with van der Waals surface area (Å²) in [4.78, 5) is 34.0.